The number of benzene rings is 2. The van der Waals surface area contributed by atoms with Gasteiger partial charge in [0, 0.05) is 30.4 Å². The van der Waals surface area contributed by atoms with Gasteiger partial charge in [-0.2, -0.15) is 26.3 Å². The predicted octanol–water partition coefficient (Wildman–Crippen LogP) is 5.88. The average molecular weight is 554 g/mol. The number of nitrogens with zero attached hydrogens (tertiary/aromatic N) is 1. The minimum Gasteiger partial charge on any atom is -0.479 e. The number of carbonyl (C=O) groups excluding carboxylic acids is 1. The molecule has 0 fully saturated rings. The quantitative estimate of drug-likeness (QED) is 0.235. The van der Waals surface area contributed by atoms with Crippen molar-refractivity contribution >= 4 is 45.1 Å². The number of rotatable bonds is 0. The molecule has 2 aliphatic rings. The third-order valence-corrected chi connectivity index (χ3v) is 6.01. The lowest BCUT2D eigenvalue weighted by Crippen LogP contribution is -2.24. The number of halogens is 6. The van der Waals surface area contributed by atoms with Crippen LogP contribution in [-0.2, 0) is 17.1 Å². The third kappa shape index (κ3) is 5.05. The molecule has 2 aliphatic heterocycles. The minimum absolute atomic E-state index is 0.0202. The van der Waals surface area contributed by atoms with Gasteiger partial charge in [0.25, 0.3) is 11.8 Å². The van der Waals surface area contributed by atoms with E-state index in [-0.39, 0.29) is 22.6 Å². The maximum Gasteiger partial charge on any atom is 0.416 e. The number of aliphatic imine (C=N–C) groups is 1. The minimum atomic E-state index is -4.43. The summed E-state index contributed by atoms with van der Waals surface area (Å²) in [6, 6.07) is 6.52. The molecule has 2 aromatic carbocycles. The van der Waals surface area contributed by atoms with Crippen LogP contribution in [0.2, 0.25) is 0 Å². The molecule has 6 rings (SSSR count). The zero-order chi connectivity index (χ0) is 27.9. The van der Waals surface area contributed by atoms with Crippen LogP contribution >= 0.6 is 0 Å². The molecule has 39 heavy (non-hydrogen) atoms. The molecule has 0 bridgehead atoms. The number of carbonyl (C=O) groups is 1. The maximum absolute atomic E-state index is 12.8. The first-order valence-corrected chi connectivity index (χ1v) is 11.6. The summed E-state index contributed by atoms with van der Waals surface area (Å²) in [4.78, 5) is 15.9. The molecule has 0 spiro atoms. The number of hydrogen-bond donors (Lipinski definition) is 3. The van der Waals surface area contributed by atoms with Crippen molar-refractivity contribution in [2.24, 2.45) is 4.99 Å². The SMILES string of the molecule is COC1=NCCNc2c1oc1ccc(C(F)(F)F)cc21.O=C1NCCNc2c1oc1ccc(C(F)(F)F)cc21. The van der Waals surface area contributed by atoms with Crippen LogP contribution in [0.15, 0.2) is 50.2 Å². The average Bonchev–Trinajstić information content (AvgIpc) is 3.28. The molecule has 0 saturated heterocycles. The van der Waals surface area contributed by atoms with Crippen LogP contribution in [-0.4, -0.2) is 45.1 Å². The molecule has 0 unspecified atom stereocenters. The van der Waals surface area contributed by atoms with Gasteiger partial charge in [0.1, 0.15) is 11.2 Å². The van der Waals surface area contributed by atoms with Gasteiger partial charge in [-0.3, -0.25) is 4.79 Å². The van der Waals surface area contributed by atoms with E-state index in [1.807, 2.05) is 0 Å². The highest BCUT2D eigenvalue weighted by molar-refractivity contribution is 6.07. The van der Waals surface area contributed by atoms with E-state index in [2.05, 4.69) is 20.9 Å². The van der Waals surface area contributed by atoms with E-state index in [0.29, 0.717) is 54.3 Å². The number of anilines is 2. The number of methoxy groups -OCH3 is 1. The van der Waals surface area contributed by atoms with Crippen LogP contribution < -0.4 is 16.0 Å². The lowest BCUT2D eigenvalue weighted by atomic mass is 10.1. The first-order chi connectivity index (χ1) is 18.5. The van der Waals surface area contributed by atoms with Gasteiger partial charge in [0.15, 0.2) is 0 Å². The maximum atomic E-state index is 12.8. The van der Waals surface area contributed by atoms with Gasteiger partial charge in [-0.1, -0.05) is 0 Å². The van der Waals surface area contributed by atoms with E-state index < -0.39 is 29.4 Å². The zero-order valence-electron chi connectivity index (χ0n) is 20.1. The van der Waals surface area contributed by atoms with E-state index in [4.69, 9.17) is 13.6 Å². The van der Waals surface area contributed by atoms with Gasteiger partial charge >= 0.3 is 12.4 Å². The molecule has 3 N–H and O–H groups in total. The summed E-state index contributed by atoms with van der Waals surface area (Å²) < 4.78 is 92.4. The Labute approximate surface area is 216 Å². The van der Waals surface area contributed by atoms with Crippen molar-refractivity contribution in [3.8, 4) is 0 Å². The molecule has 0 saturated carbocycles. The fraction of sp³-hybridized carbons (Fsp3) is 0.280. The summed E-state index contributed by atoms with van der Waals surface area (Å²) >= 11 is 0. The Morgan fingerprint density at radius 1 is 0.769 bits per heavy atom. The van der Waals surface area contributed by atoms with Crippen molar-refractivity contribution in [2.45, 2.75) is 12.4 Å². The number of hydrogen-bond acceptors (Lipinski definition) is 7. The molecule has 0 aliphatic carbocycles. The highest BCUT2D eigenvalue weighted by atomic mass is 19.4. The van der Waals surface area contributed by atoms with Crippen molar-refractivity contribution in [2.75, 3.05) is 43.9 Å². The molecule has 8 nitrogen and oxygen atoms in total. The first kappa shape index (κ1) is 26.3. The Balaban J connectivity index is 0.000000158. The monoisotopic (exact) mass is 554 g/mol. The van der Waals surface area contributed by atoms with Crippen LogP contribution in [0.25, 0.3) is 21.9 Å². The largest absolute Gasteiger partial charge is 0.479 e. The molecule has 0 atom stereocenters. The molecule has 1 amide bonds. The number of ether oxygens (including phenoxy) is 1. The van der Waals surface area contributed by atoms with Crippen LogP contribution in [0.3, 0.4) is 0 Å². The van der Waals surface area contributed by atoms with Crippen molar-refractivity contribution in [1.82, 2.24) is 5.32 Å². The van der Waals surface area contributed by atoms with E-state index >= 15 is 0 Å². The molecule has 4 aromatic rings. The molecular weight excluding hydrogens is 534 g/mol. The van der Waals surface area contributed by atoms with Gasteiger partial charge in [0.2, 0.25) is 11.5 Å². The number of furan rings is 2. The Bertz CT molecular complexity index is 1590. The van der Waals surface area contributed by atoms with Crippen molar-refractivity contribution in [3.63, 3.8) is 0 Å². The van der Waals surface area contributed by atoms with Crippen molar-refractivity contribution in [3.05, 3.63) is 59.0 Å². The second-order valence-corrected chi connectivity index (χ2v) is 8.53. The van der Waals surface area contributed by atoms with Crippen LogP contribution in [0, 0.1) is 0 Å². The summed E-state index contributed by atoms with van der Waals surface area (Å²) in [6.45, 7) is 1.80. The van der Waals surface area contributed by atoms with Gasteiger partial charge in [-0.05, 0) is 36.4 Å². The van der Waals surface area contributed by atoms with Crippen LogP contribution in [0.4, 0.5) is 37.7 Å². The predicted molar refractivity (Wildman–Crippen MR) is 130 cm³/mol. The second-order valence-electron chi connectivity index (χ2n) is 8.53. The Kier molecular flexibility index (Phi) is 6.56. The fourth-order valence-electron chi connectivity index (χ4n) is 4.22. The summed E-state index contributed by atoms with van der Waals surface area (Å²) in [5.41, 5.74) is -0.0596. The van der Waals surface area contributed by atoms with E-state index in [1.165, 1.54) is 19.2 Å². The molecular formula is C25H20F6N4O4. The zero-order valence-corrected chi connectivity index (χ0v) is 20.1. The van der Waals surface area contributed by atoms with E-state index in [9.17, 15) is 31.1 Å². The number of amides is 1. The summed E-state index contributed by atoms with van der Waals surface area (Å²) in [6.07, 6.45) is -8.81. The van der Waals surface area contributed by atoms with Gasteiger partial charge < -0.3 is 29.5 Å². The highest BCUT2D eigenvalue weighted by Crippen LogP contribution is 2.38. The van der Waals surface area contributed by atoms with Crippen molar-refractivity contribution < 1.29 is 44.7 Å². The molecule has 0 radical (unpaired) electrons. The van der Waals surface area contributed by atoms with Crippen LogP contribution in [0.5, 0.6) is 0 Å². The fourth-order valence-corrected chi connectivity index (χ4v) is 4.22. The second kappa shape index (κ2) is 9.75. The van der Waals surface area contributed by atoms with Crippen molar-refractivity contribution in [1.29, 1.82) is 0 Å². The Morgan fingerprint density at radius 2 is 1.28 bits per heavy atom. The topological polar surface area (TPSA) is 101 Å². The summed E-state index contributed by atoms with van der Waals surface area (Å²) in [7, 11) is 1.45. The Morgan fingerprint density at radius 3 is 1.85 bits per heavy atom. The lowest BCUT2D eigenvalue weighted by Gasteiger charge is -2.06. The van der Waals surface area contributed by atoms with Crippen LogP contribution in [0.1, 0.15) is 27.4 Å². The van der Waals surface area contributed by atoms with Gasteiger partial charge in [0.05, 0.1) is 36.2 Å². The van der Waals surface area contributed by atoms with E-state index in [0.717, 1.165) is 24.3 Å². The molecule has 2 aromatic heterocycles. The molecule has 4 heterocycles. The standard InChI is InChI=1S/C13H11F3N2O2.C12H9F3N2O2/c1-19-12-11-10(17-4-5-18-12)8-6-7(13(14,15)16)2-3-9(8)20-11;13-12(14,15)6-1-2-8-7(5-6)9-10(19-8)11(18)17-4-3-16-9/h2-3,6,17H,4-5H2,1H3;1-2,5,16H,3-4H2,(H,17,18). The lowest BCUT2D eigenvalue weighted by molar-refractivity contribution is -0.138. The number of fused-ring (bicyclic) bond motifs is 6. The van der Waals surface area contributed by atoms with E-state index in [1.54, 1.807) is 0 Å². The van der Waals surface area contributed by atoms with Gasteiger partial charge in [-0.15, -0.1) is 0 Å². The first-order valence-electron chi connectivity index (χ1n) is 11.6. The molecule has 206 valence electrons. The highest BCUT2D eigenvalue weighted by Gasteiger charge is 2.33. The smallest absolute Gasteiger partial charge is 0.416 e. The number of nitrogens with one attached hydrogen (secondary N) is 3. The summed E-state index contributed by atoms with van der Waals surface area (Å²) in [5.74, 6) is 0.214. The summed E-state index contributed by atoms with van der Waals surface area (Å²) in [5, 5.41) is 9.18. The molecule has 14 heteroatoms. The Hall–Kier alpha value is -4.36. The van der Waals surface area contributed by atoms with Gasteiger partial charge in [-0.25, -0.2) is 4.99 Å². The normalized spacial score (nSPS) is 15.5. The number of alkyl halides is 6. The third-order valence-electron chi connectivity index (χ3n) is 6.01.